The molecule has 0 spiro atoms. The number of benzene rings is 1. The first-order chi connectivity index (χ1) is 8.58. The lowest BCUT2D eigenvalue weighted by molar-refractivity contribution is -0.0982. The van der Waals surface area contributed by atoms with Gasteiger partial charge in [-0.15, -0.1) is 0 Å². The highest BCUT2D eigenvalue weighted by Gasteiger charge is 2.39. The quantitative estimate of drug-likeness (QED) is 0.634. The summed E-state index contributed by atoms with van der Waals surface area (Å²) in [4.78, 5) is 0. The Balaban J connectivity index is 2.99. The average molecular weight is 349 g/mol. The van der Waals surface area contributed by atoms with E-state index in [2.05, 4.69) is 15.9 Å². The summed E-state index contributed by atoms with van der Waals surface area (Å²) in [5, 5.41) is 21.4. The zero-order valence-electron chi connectivity index (χ0n) is 11.6. The summed E-state index contributed by atoms with van der Waals surface area (Å²) < 4.78 is 5.61. The van der Waals surface area contributed by atoms with Crippen LogP contribution in [0.25, 0.3) is 0 Å². The summed E-state index contributed by atoms with van der Waals surface area (Å²) in [5.74, 6) is 0. The molecule has 0 unspecified atom stereocenters. The number of aliphatic hydroxyl groups is 1. The first kappa shape index (κ1) is 17.0. The maximum Gasteiger partial charge on any atom is 0.491 e. The fourth-order valence-electron chi connectivity index (χ4n) is 1.42. The molecule has 1 aromatic rings. The van der Waals surface area contributed by atoms with E-state index in [0.717, 1.165) is 5.56 Å². The summed E-state index contributed by atoms with van der Waals surface area (Å²) in [6, 6.07) is 5.20. The van der Waals surface area contributed by atoms with Crippen LogP contribution in [0.15, 0.2) is 18.2 Å². The van der Waals surface area contributed by atoms with E-state index in [9.17, 15) is 10.1 Å². The van der Waals surface area contributed by atoms with Crippen molar-refractivity contribution in [1.82, 2.24) is 0 Å². The Hall–Kier alpha value is -0.0651. The Morgan fingerprint density at radius 2 is 1.89 bits per heavy atom. The zero-order chi connectivity index (χ0) is 14.8. The van der Waals surface area contributed by atoms with Gasteiger partial charge in [0.25, 0.3) is 0 Å². The molecular formula is C13H19BBrClO3. The highest BCUT2D eigenvalue weighted by atomic mass is 79.9. The van der Waals surface area contributed by atoms with Crippen molar-refractivity contribution in [1.29, 1.82) is 0 Å². The largest absolute Gasteiger partial charge is 0.491 e. The van der Waals surface area contributed by atoms with E-state index in [-0.39, 0.29) is 0 Å². The topological polar surface area (TPSA) is 49.7 Å². The Morgan fingerprint density at radius 3 is 2.37 bits per heavy atom. The van der Waals surface area contributed by atoms with Crippen molar-refractivity contribution in [2.45, 2.75) is 44.2 Å². The monoisotopic (exact) mass is 348 g/mol. The van der Waals surface area contributed by atoms with E-state index >= 15 is 0 Å². The van der Waals surface area contributed by atoms with Gasteiger partial charge >= 0.3 is 7.12 Å². The molecule has 0 fully saturated rings. The van der Waals surface area contributed by atoms with Gasteiger partial charge in [0, 0.05) is 10.4 Å². The third-order valence-electron chi connectivity index (χ3n) is 3.39. The fraction of sp³-hybridized carbons (Fsp3) is 0.538. The van der Waals surface area contributed by atoms with Crippen LogP contribution < -0.4 is 5.46 Å². The summed E-state index contributed by atoms with van der Waals surface area (Å²) in [5.41, 5.74) is -0.477. The molecule has 0 radical (unpaired) electrons. The van der Waals surface area contributed by atoms with Crippen molar-refractivity contribution in [3.8, 4) is 0 Å². The molecule has 2 N–H and O–H groups in total. The van der Waals surface area contributed by atoms with Gasteiger partial charge in [-0.05, 0) is 50.9 Å². The Bertz CT molecular complexity index is 446. The molecule has 0 bridgehead atoms. The highest BCUT2D eigenvalue weighted by molar-refractivity contribution is 9.08. The van der Waals surface area contributed by atoms with Crippen molar-refractivity contribution in [3.05, 3.63) is 28.8 Å². The molecule has 0 amide bonds. The Labute approximate surface area is 128 Å². The smallest absolute Gasteiger partial charge is 0.423 e. The second-order valence-corrected chi connectivity index (χ2v) is 6.51. The van der Waals surface area contributed by atoms with Crippen LogP contribution in [0.2, 0.25) is 5.02 Å². The fourth-order valence-corrected chi connectivity index (χ4v) is 2.10. The van der Waals surface area contributed by atoms with Crippen LogP contribution in [0.5, 0.6) is 0 Å². The van der Waals surface area contributed by atoms with E-state index in [1.807, 2.05) is 0 Å². The summed E-state index contributed by atoms with van der Waals surface area (Å²) >= 11 is 9.28. The van der Waals surface area contributed by atoms with Crippen molar-refractivity contribution >= 4 is 40.1 Å². The van der Waals surface area contributed by atoms with Gasteiger partial charge in [0.2, 0.25) is 0 Å². The molecule has 0 aromatic heterocycles. The van der Waals surface area contributed by atoms with Gasteiger partial charge in [-0.3, -0.25) is 0 Å². The van der Waals surface area contributed by atoms with Crippen LogP contribution in [0.3, 0.4) is 0 Å². The number of hydrogen-bond donors (Lipinski definition) is 2. The maximum atomic E-state index is 10.2. The minimum absolute atomic E-state index is 0.562. The SMILES string of the molecule is CC(C)(O)C(C)(C)OB(O)c1ccc(Cl)cc1CBr. The molecule has 106 valence electrons. The minimum atomic E-state index is -1.12. The van der Waals surface area contributed by atoms with Crippen LogP contribution in [0.1, 0.15) is 33.3 Å². The number of rotatable bonds is 5. The van der Waals surface area contributed by atoms with Crippen LogP contribution in [-0.4, -0.2) is 28.5 Å². The highest BCUT2D eigenvalue weighted by Crippen LogP contribution is 2.25. The number of hydrogen-bond acceptors (Lipinski definition) is 3. The number of halogens is 2. The van der Waals surface area contributed by atoms with Crippen molar-refractivity contribution in [3.63, 3.8) is 0 Å². The van der Waals surface area contributed by atoms with Crippen molar-refractivity contribution < 1.29 is 14.8 Å². The summed E-state index contributed by atoms with van der Waals surface area (Å²) in [6.07, 6.45) is 0. The molecule has 3 nitrogen and oxygen atoms in total. The van der Waals surface area contributed by atoms with Gasteiger partial charge in [-0.2, -0.15) is 0 Å². The molecule has 0 atom stereocenters. The second-order valence-electron chi connectivity index (χ2n) is 5.52. The molecule has 6 heteroatoms. The average Bonchev–Trinajstić information content (AvgIpc) is 2.26. The molecule has 0 aliphatic carbocycles. The van der Waals surface area contributed by atoms with Crippen molar-refractivity contribution in [2.75, 3.05) is 0 Å². The predicted octanol–water partition coefficient (Wildman–Crippen LogP) is 2.49. The lowest BCUT2D eigenvalue weighted by Crippen LogP contribution is -2.53. The van der Waals surface area contributed by atoms with Gasteiger partial charge in [0.15, 0.2) is 0 Å². The molecule has 1 aromatic carbocycles. The molecule has 19 heavy (non-hydrogen) atoms. The molecule has 0 saturated carbocycles. The van der Waals surface area contributed by atoms with Crippen LogP contribution in [0.4, 0.5) is 0 Å². The van der Waals surface area contributed by atoms with Crippen LogP contribution in [0, 0.1) is 0 Å². The summed E-state index contributed by atoms with van der Waals surface area (Å²) in [7, 11) is -1.12. The van der Waals surface area contributed by atoms with Gasteiger partial charge in [0.1, 0.15) is 0 Å². The summed E-state index contributed by atoms with van der Waals surface area (Å²) in [6.45, 7) is 6.76. The standard InChI is InChI=1S/C13H19BBrClO3/c1-12(2,17)13(3,4)19-14(18)11-6-5-10(16)7-9(11)8-15/h5-7,17-18H,8H2,1-4H3. The van der Waals surface area contributed by atoms with Gasteiger partial charge in [-0.25, -0.2) is 0 Å². The Kier molecular flexibility index (Phi) is 5.49. The van der Waals surface area contributed by atoms with E-state index in [1.54, 1.807) is 45.9 Å². The van der Waals surface area contributed by atoms with E-state index in [0.29, 0.717) is 15.8 Å². The maximum absolute atomic E-state index is 10.2. The van der Waals surface area contributed by atoms with Crippen LogP contribution in [-0.2, 0) is 9.98 Å². The zero-order valence-corrected chi connectivity index (χ0v) is 13.9. The van der Waals surface area contributed by atoms with Gasteiger partial charge in [0.05, 0.1) is 11.2 Å². The Morgan fingerprint density at radius 1 is 1.32 bits per heavy atom. The lowest BCUT2D eigenvalue weighted by atomic mass is 9.74. The second kappa shape index (κ2) is 6.14. The third-order valence-corrected chi connectivity index (χ3v) is 4.23. The van der Waals surface area contributed by atoms with E-state index in [4.69, 9.17) is 16.3 Å². The van der Waals surface area contributed by atoms with E-state index < -0.39 is 18.3 Å². The predicted molar refractivity (Wildman–Crippen MR) is 83.2 cm³/mol. The number of alkyl halides is 1. The van der Waals surface area contributed by atoms with Crippen LogP contribution >= 0.6 is 27.5 Å². The first-order valence-electron chi connectivity index (χ1n) is 6.01. The van der Waals surface area contributed by atoms with Crippen molar-refractivity contribution in [2.24, 2.45) is 0 Å². The molecular weight excluding hydrogens is 330 g/mol. The normalized spacial score (nSPS) is 12.6. The minimum Gasteiger partial charge on any atom is -0.423 e. The van der Waals surface area contributed by atoms with Gasteiger partial charge < -0.3 is 14.8 Å². The lowest BCUT2D eigenvalue weighted by Gasteiger charge is -2.38. The van der Waals surface area contributed by atoms with Gasteiger partial charge in [-0.1, -0.05) is 33.6 Å². The van der Waals surface area contributed by atoms with E-state index in [1.165, 1.54) is 0 Å². The molecule has 0 aliphatic rings. The first-order valence-corrected chi connectivity index (χ1v) is 7.51. The molecule has 0 saturated heterocycles. The molecule has 0 aliphatic heterocycles. The molecule has 0 heterocycles. The third kappa shape index (κ3) is 4.20. The molecule has 1 rings (SSSR count).